The van der Waals surface area contributed by atoms with Gasteiger partial charge in [0.25, 0.3) is 0 Å². The molecule has 0 unspecified atom stereocenters. The van der Waals surface area contributed by atoms with E-state index < -0.39 is 0 Å². The summed E-state index contributed by atoms with van der Waals surface area (Å²) < 4.78 is 5.68. The Kier molecular flexibility index (Phi) is 4.06. The third kappa shape index (κ3) is 3.16. The van der Waals surface area contributed by atoms with E-state index in [0.717, 1.165) is 24.5 Å². The Morgan fingerprint density at radius 1 is 1.28 bits per heavy atom. The Bertz CT molecular complexity index is 516. The number of hydrogen-bond acceptors (Lipinski definition) is 5. The van der Waals surface area contributed by atoms with Crippen molar-refractivity contribution in [3.8, 4) is 11.6 Å². The molecule has 2 aromatic heterocycles. The van der Waals surface area contributed by atoms with Crippen LogP contribution >= 0.6 is 0 Å². The zero-order valence-corrected chi connectivity index (χ0v) is 10.6. The standard InChI is InChI=1S/C13H16N4O/c1-3-6-15-12-8-13(17-9-16-12)18-11-5-4-7-14-10(11)2/h4-5,7-9H,3,6H2,1-2H3,(H,15,16,17). The fourth-order valence-corrected chi connectivity index (χ4v) is 1.44. The Labute approximate surface area is 106 Å². The predicted octanol–water partition coefficient (Wildman–Crippen LogP) is 2.79. The Morgan fingerprint density at radius 2 is 2.17 bits per heavy atom. The van der Waals surface area contributed by atoms with E-state index in [9.17, 15) is 0 Å². The molecular formula is C13H16N4O. The van der Waals surface area contributed by atoms with E-state index in [0.29, 0.717) is 11.6 Å². The van der Waals surface area contributed by atoms with Crippen molar-refractivity contribution >= 4 is 5.82 Å². The van der Waals surface area contributed by atoms with Crippen molar-refractivity contribution < 1.29 is 4.74 Å². The maximum atomic E-state index is 5.68. The predicted molar refractivity (Wildman–Crippen MR) is 69.9 cm³/mol. The highest BCUT2D eigenvalue weighted by molar-refractivity contribution is 5.39. The van der Waals surface area contributed by atoms with Gasteiger partial charge in [0.05, 0.1) is 5.69 Å². The molecule has 18 heavy (non-hydrogen) atoms. The molecule has 0 fully saturated rings. The first kappa shape index (κ1) is 12.3. The zero-order valence-electron chi connectivity index (χ0n) is 10.6. The van der Waals surface area contributed by atoms with Gasteiger partial charge in [-0.05, 0) is 25.5 Å². The summed E-state index contributed by atoms with van der Waals surface area (Å²) in [5.41, 5.74) is 0.833. The van der Waals surface area contributed by atoms with E-state index in [1.165, 1.54) is 6.33 Å². The molecule has 2 heterocycles. The number of hydrogen-bond donors (Lipinski definition) is 1. The molecule has 0 bridgehead atoms. The van der Waals surface area contributed by atoms with Gasteiger partial charge in [-0.2, -0.15) is 0 Å². The molecular weight excluding hydrogens is 228 g/mol. The fourth-order valence-electron chi connectivity index (χ4n) is 1.44. The second-order valence-electron chi connectivity index (χ2n) is 3.86. The van der Waals surface area contributed by atoms with Gasteiger partial charge in [-0.25, -0.2) is 9.97 Å². The lowest BCUT2D eigenvalue weighted by Crippen LogP contribution is -2.02. The molecule has 1 N–H and O–H groups in total. The molecule has 0 aliphatic carbocycles. The minimum absolute atomic E-state index is 0.514. The number of anilines is 1. The summed E-state index contributed by atoms with van der Waals surface area (Å²) in [5.74, 6) is 1.99. The second kappa shape index (κ2) is 5.95. The normalized spacial score (nSPS) is 10.1. The Balaban J connectivity index is 2.12. The highest BCUT2D eigenvalue weighted by atomic mass is 16.5. The van der Waals surface area contributed by atoms with E-state index >= 15 is 0 Å². The van der Waals surface area contributed by atoms with Crippen molar-refractivity contribution in [2.75, 3.05) is 11.9 Å². The topological polar surface area (TPSA) is 59.9 Å². The lowest BCUT2D eigenvalue weighted by atomic mass is 10.3. The summed E-state index contributed by atoms with van der Waals surface area (Å²) in [6.07, 6.45) is 4.26. The third-order valence-electron chi connectivity index (χ3n) is 2.37. The van der Waals surface area contributed by atoms with Crippen molar-refractivity contribution in [1.29, 1.82) is 0 Å². The quantitative estimate of drug-likeness (QED) is 0.876. The van der Waals surface area contributed by atoms with E-state index in [4.69, 9.17) is 4.74 Å². The average Bonchev–Trinajstić information content (AvgIpc) is 2.40. The third-order valence-corrected chi connectivity index (χ3v) is 2.37. The molecule has 94 valence electrons. The molecule has 0 radical (unpaired) electrons. The number of aromatic nitrogens is 3. The van der Waals surface area contributed by atoms with Crippen LogP contribution in [0, 0.1) is 6.92 Å². The van der Waals surface area contributed by atoms with Crippen molar-refractivity contribution in [3.63, 3.8) is 0 Å². The van der Waals surface area contributed by atoms with E-state index in [1.807, 2.05) is 19.1 Å². The molecule has 0 aliphatic heterocycles. The summed E-state index contributed by atoms with van der Waals surface area (Å²) in [5, 5.41) is 3.19. The number of rotatable bonds is 5. The number of nitrogens with zero attached hydrogens (tertiary/aromatic N) is 3. The molecule has 0 saturated heterocycles. The molecule has 5 nitrogen and oxygen atoms in total. The molecule has 0 atom stereocenters. The molecule has 2 rings (SSSR count). The van der Waals surface area contributed by atoms with Crippen LogP contribution in [0.5, 0.6) is 11.6 Å². The molecule has 2 aromatic rings. The Hall–Kier alpha value is -2.17. The van der Waals surface area contributed by atoms with Crippen molar-refractivity contribution in [3.05, 3.63) is 36.4 Å². The first-order valence-electron chi connectivity index (χ1n) is 5.95. The second-order valence-corrected chi connectivity index (χ2v) is 3.86. The molecule has 0 amide bonds. The van der Waals surface area contributed by atoms with Gasteiger partial charge in [0.15, 0.2) is 5.75 Å². The van der Waals surface area contributed by atoms with Crippen LogP contribution in [0.4, 0.5) is 5.82 Å². The van der Waals surface area contributed by atoms with Gasteiger partial charge in [-0.1, -0.05) is 6.92 Å². The van der Waals surface area contributed by atoms with Crippen LogP contribution in [0.3, 0.4) is 0 Å². The van der Waals surface area contributed by atoms with Crippen LogP contribution in [0.15, 0.2) is 30.7 Å². The van der Waals surface area contributed by atoms with Gasteiger partial charge in [-0.15, -0.1) is 0 Å². The van der Waals surface area contributed by atoms with E-state index in [1.54, 1.807) is 12.3 Å². The first-order valence-corrected chi connectivity index (χ1v) is 5.95. The van der Waals surface area contributed by atoms with Crippen LogP contribution in [0.25, 0.3) is 0 Å². The molecule has 0 saturated carbocycles. The van der Waals surface area contributed by atoms with Crippen molar-refractivity contribution in [2.45, 2.75) is 20.3 Å². The van der Waals surface area contributed by atoms with Crippen LogP contribution in [0.1, 0.15) is 19.0 Å². The zero-order chi connectivity index (χ0) is 12.8. The summed E-state index contributed by atoms with van der Waals surface area (Å²) >= 11 is 0. The monoisotopic (exact) mass is 244 g/mol. The van der Waals surface area contributed by atoms with E-state index in [-0.39, 0.29) is 0 Å². The number of nitrogens with one attached hydrogen (secondary N) is 1. The molecule has 0 aromatic carbocycles. The first-order chi connectivity index (χ1) is 8.79. The Morgan fingerprint density at radius 3 is 2.94 bits per heavy atom. The lowest BCUT2D eigenvalue weighted by Gasteiger charge is -2.08. The van der Waals surface area contributed by atoms with Crippen LogP contribution in [0.2, 0.25) is 0 Å². The fraction of sp³-hybridized carbons (Fsp3) is 0.308. The molecule has 5 heteroatoms. The minimum Gasteiger partial charge on any atom is -0.437 e. The van der Waals surface area contributed by atoms with Gasteiger partial charge >= 0.3 is 0 Å². The summed E-state index contributed by atoms with van der Waals surface area (Å²) in [6, 6.07) is 5.48. The van der Waals surface area contributed by atoms with Crippen molar-refractivity contribution in [1.82, 2.24) is 15.0 Å². The number of ether oxygens (including phenoxy) is 1. The van der Waals surface area contributed by atoms with Gasteiger partial charge in [0.2, 0.25) is 5.88 Å². The largest absolute Gasteiger partial charge is 0.437 e. The van der Waals surface area contributed by atoms with Crippen LogP contribution in [-0.4, -0.2) is 21.5 Å². The maximum Gasteiger partial charge on any atom is 0.224 e. The van der Waals surface area contributed by atoms with Crippen LogP contribution < -0.4 is 10.1 Å². The van der Waals surface area contributed by atoms with Gasteiger partial charge in [0, 0.05) is 18.8 Å². The van der Waals surface area contributed by atoms with Gasteiger partial charge in [0.1, 0.15) is 12.1 Å². The lowest BCUT2D eigenvalue weighted by molar-refractivity contribution is 0.455. The van der Waals surface area contributed by atoms with Gasteiger partial charge in [-0.3, -0.25) is 4.98 Å². The average molecular weight is 244 g/mol. The number of pyridine rings is 1. The molecule has 0 spiro atoms. The summed E-state index contributed by atoms with van der Waals surface area (Å²) in [4.78, 5) is 12.4. The highest BCUT2D eigenvalue weighted by Gasteiger charge is 2.03. The highest BCUT2D eigenvalue weighted by Crippen LogP contribution is 2.22. The smallest absolute Gasteiger partial charge is 0.224 e. The number of aryl methyl sites for hydroxylation is 1. The van der Waals surface area contributed by atoms with Crippen LogP contribution in [-0.2, 0) is 0 Å². The SMILES string of the molecule is CCCNc1cc(Oc2cccnc2C)ncn1. The maximum absolute atomic E-state index is 5.68. The minimum atomic E-state index is 0.514. The van der Waals surface area contributed by atoms with Crippen molar-refractivity contribution in [2.24, 2.45) is 0 Å². The summed E-state index contributed by atoms with van der Waals surface area (Å²) in [6.45, 7) is 4.87. The molecule has 0 aliphatic rings. The summed E-state index contributed by atoms with van der Waals surface area (Å²) in [7, 11) is 0. The van der Waals surface area contributed by atoms with Gasteiger partial charge < -0.3 is 10.1 Å². The van der Waals surface area contributed by atoms with E-state index in [2.05, 4.69) is 27.2 Å².